The molecule has 588 valence electrons. The van der Waals surface area contributed by atoms with Gasteiger partial charge in [0.05, 0.1) is 26.4 Å². The van der Waals surface area contributed by atoms with E-state index in [-0.39, 0.29) is 25.7 Å². The molecule has 0 spiro atoms. The molecule has 19 heteroatoms. The molecule has 0 fully saturated rings. The van der Waals surface area contributed by atoms with Crippen molar-refractivity contribution in [2.45, 2.75) is 439 Å². The van der Waals surface area contributed by atoms with Gasteiger partial charge in [-0.25, -0.2) is 9.13 Å². The molecule has 3 N–H and O–H groups in total. The summed E-state index contributed by atoms with van der Waals surface area (Å²) in [5.74, 6) is -0.639. The van der Waals surface area contributed by atoms with E-state index in [1.807, 2.05) is 0 Å². The van der Waals surface area contributed by atoms with Crippen LogP contribution in [-0.4, -0.2) is 96.7 Å². The van der Waals surface area contributed by atoms with Crippen LogP contribution in [0.2, 0.25) is 0 Å². The van der Waals surface area contributed by atoms with Crippen molar-refractivity contribution < 1.29 is 80.2 Å². The standard InChI is InChI=1S/C80H156O17P2/c1-7-10-12-14-16-18-20-22-24-26-28-30-32-34-36-38-45-52-58-64-79(84)96-75(68-90-77(82)62-56-50-44-37-35-33-31-29-27-25-23-21-19-17-15-13-11-8-2)70-94-98(86,87)92-66-74(81)67-93-99(88,89)95-71-76(69-91-78(83)63-57-51-47-41-42-48-54-60-72(4)5)97-80(85)65-59-53-46-40-39-43-49-55-61-73(6)9-3/h72-76,81H,7-71H2,1-6H3,(H,86,87)(H,88,89)/t73?,74-,75-,76-/m1/s1. The first kappa shape index (κ1) is 97.1. The molecule has 0 aliphatic rings. The molecule has 0 saturated carbocycles. The van der Waals surface area contributed by atoms with E-state index < -0.39 is 97.5 Å². The van der Waals surface area contributed by atoms with E-state index in [9.17, 15) is 43.2 Å². The van der Waals surface area contributed by atoms with Crippen LogP contribution in [-0.2, 0) is 65.4 Å². The zero-order valence-corrected chi connectivity index (χ0v) is 66.6. The summed E-state index contributed by atoms with van der Waals surface area (Å²) in [6.45, 7) is 9.56. The van der Waals surface area contributed by atoms with Crippen molar-refractivity contribution in [3.63, 3.8) is 0 Å². The first-order chi connectivity index (χ1) is 47.9. The Bertz CT molecular complexity index is 1910. The number of phosphoric acid groups is 2. The molecule has 3 unspecified atom stereocenters. The summed E-state index contributed by atoms with van der Waals surface area (Å²) in [6, 6.07) is 0. The van der Waals surface area contributed by atoms with Crippen LogP contribution in [0.4, 0.5) is 0 Å². The topological polar surface area (TPSA) is 237 Å². The Kier molecular flexibility index (Phi) is 70.3. The van der Waals surface area contributed by atoms with E-state index >= 15 is 0 Å². The molecule has 6 atom stereocenters. The Hall–Kier alpha value is -1.94. The Morgan fingerprint density at radius 2 is 0.515 bits per heavy atom. The maximum absolute atomic E-state index is 13.1. The van der Waals surface area contributed by atoms with Crippen molar-refractivity contribution in [2.24, 2.45) is 11.8 Å². The SMILES string of the molecule is CCCCCCCCCCCCCCCCCCCCCC(=O)O[C@H](COC(=O)CCCCCCCCCCCCCCCCCCCC)COP(=O)(O)OC[C@@H](O)COP(=O)(O)OC[C@@H](COC(=O)CCCCCCCCCC(C)C)OC(=O)CCCCCCCCCCC(C)CC. The maximum atomic E-state index is 13.1. The molecule has 0 aromatic carbocycles. The minimum atomic E-state index is -4.96. The minimum absolute atomic E-state index is 0.104. The molecule has 0 rings (SSSR count). The summed E-state index contributed by atoms with van der Waals surface area (Å²) in [7, 11) is -9.92. The third kappa shape index (κ3) is 72.8. The molecular weight excluding hydrogens is 1290 g/mol. The smallest absolute Gasteiger partial charge is 0.462 e. The number of ether oxygens (including phenoxy) is 4. The normalized spacial score (nSPS) is 14.2. The number of esters is 4. The van der Waals surface area contributed by atoms with Gasteiger partial charge in [-0.15, -0.1) is 0 Å². The van der Waals surface area contributed by atoms with Crippen molar-refractivity contribution in [2.75, 3.05) is 39.6 Å². The molecule has 0 aromatic heterocycles. The number of hydrogen-bond donors (Lipinski definition) is 3. The molecule has 0 saturated heterocycles. The lowest BCUT2D eigenvalue weighted by Gasteiger charge is -2.21. The van der Waals surface area contributed by atoms with Crippen LogP contribution in [0.15, 0.2) is 0 Å². The predicted molar refractivity (Wildman–Crippen MR) is 405 cm³/mol. The summed E-state index contributed by atoms with van der Waals surface area (Å²) in [5.41, 5.74) is 0. The predicted octanol–water partition coefficient (Wildman–Crippen LogP) is 23.9. The number of unbranched alkanes of at least 4 members (excludes halogenated alkanes) is 48. The molecule has 0 bridgehead atoms. The van der Waals surface area contributed by atoms with Gasteiger partial charge in [0, 0.05) is 25.7 Å². The second kappa shape index (κ2) is 71.7. The number of aliphatic hydroxyl groups is 1. The highest BCUT2D eigenvalue weighted by Gasteiger charge is 2.30. The molecule has 0 aliphatic carbocycles. The molecule has 0 aliphatic heterocycles. The third-order valence-corrected chi connectivity index (χ3v) is 21.0. The summed E-state index contributed by atoms with van der Waals surface area (Å²) in [4.78, 5) is 73.0. The second-order valence-electron chi connectivity index (χ2n) is 29.5. The number of rotatable bonds is 79. The first-order valence-electron chi connectivity index (χ1n) is 41.5. The van der Waals surface area contributed by atoms with Crippen LogP contribution in [0, 0.1) is 11.8 Å². The van der Waals surface area contributed by atoms with Crippen LogP contribution in [0.3, 0.4) is 0 Å². The number of hydrogen-bond acceptors (Lipinski definition) is 15. The van der Waals surface area contributed by atoms with Gasteiger partial charge in [-0.3, -0.25) is 37.3 Å². The van der Waals surface area contributed by atoms with Crippen molar-refractivity contribution in [3.05, 3.63) is 0 Å². The van der Waals surface area contributed by atoms with Crippen molar-refractivity contribution in [1.29, 1.82) is 0 Å². The van der Waals surface area contributed by atoms with E-state index in [0.29, 0.717) is 31.6 Å². The van der Waals surface area contributed by atoms with Gasteiger partial charge in [-0.1, -0.05) is 369 Å². The van der Waals surface area contributed by atoms with Crippen molar-refractivity contribution >= 4 is 39.5 Å². The highest BCUT2D eigenvalue weighted by molar-refractivity contribution is 7.47. The summed E-state index contributed by atoms with van der Waals surface area (Å²) in [5, 5.41) is 10.6. The fourth-order valence-corrected chi connectivity index (χ4v) is 13.9. The lowest BCUT2D eigenvalue weighted by Crippen LogP contribution is -2.30. The van der Waals surface area contributed by atoms with Gasteiger partial charge in [0.15, 0.2) is 12.2 Å². The van der Waals surface area contributed by atoms with E-state index in [1.54, 1.807) is 0 Å². The monoisotopic (exact) mass is 1450 g/mol. The lowest BCUT2D eigenvalue weighted by molar-refractivity contribution is -0.161. The van der Waals surface area contributed by atoms with Crippen LogP contribution < -0.4 is 0 Å². The van der Waals surface area contributed by atoms with Crippen LogP contribution >= 0.6 is 15.6 Å². The van der Waals surface area contributed by atoms with Crippen LogP contribution in [0.5, 0.6) is 0 Å². The Morgan fingerprint density at radius 1 is 0.293 bits per heavy atom. The van der Waals surface area contributed by atoms with E-state index in [2.05, 4.69) is 41.5 Å². The lowest BCUT2D eigenvalue weighted by atomic mass is 9.99. The van der Waals surface area contributed by atoms with Crippen molar-refractivity contribution in [1.82, 2.24) is 0 Å². The maximum Gasteiger partial charge on any atom is 0.472 e. The van der Waals surface area contributed by atoms with Gasteiger partial charge < -0.3 is 33.8 Å². The molecule has 0 radical (unpaired) electrons. The summed E-state index contributed by atoms with van der Waals surface area (Å²) in [6.07, 6.45) is 61.2. The third-order valence-electron chi connectivity index (χ3n) is 19.1. The number of carbonyl (C=O) groups is 4. The van der Waals surface area contributed by atoms with Gasteiger partial charge in [0.25, 0.3) is 0 Å². The van der Waals surface area contributed by atoms with Gasteiger partial charge >= 0.3 is 39.5 Å². The zero-order valence-electron chi connectivity index (χ0n) is 64.8. The summed E-state index contributed by atoms with van der Waals surface area (Å²) >= 11 is 0. The molecule has 0 amide bonds. The Balaban J connectivity index is 5.23. The molecular formula is C80H156O17P2. The van der Waals surface area contributed by atoms with Crippen LogP contribution in [0.1, 0.15) is 420 Å². The van der Waals surface area contributed by atoms with Crippen molar-refractivity contribution in [3.8, 4) is 0 Å². The van der Waals surface area contributed by atoms with E-state index in [0.717, 1.165) is 102 Å². The first-order valence-corrected chi connectivity index (χ1v) is 44.5. The molecule has 17 nitrogen and oxygen atoms in total. The number of carbonyl (C=O) groups excluding carboxylic acids is 4. The number of phosphoric ester groups is 2. The van der Waals surface area contributed by atoms with Gasteiger partial charge in [0.1, 0.15) is 19.3 Å². The molecule has 0 aromatic rings. The Morgan fingerprint density at radius 3 is 0.768 bits per heavy atom. The van der Waals surface area contributed by atoms with Gasteiger partial charge in [-0.05, 0) is 37.5 Å². The minimum Gasteiger partial charge on any atom is -0.462 e. The number of aliphatic hydroxyl groups excluding tert-OH is 1. The average molecular weight is 1450 g/mol. The highest BCUT2D eigenvalue weighted by atomic mass is 31.2. The zero-order chi connectivity index (χ0) is 72.8. The highest BCUT2D eigenvalue weighted by Crippen LogP contribution is 2.45. The largest absolute Gasteiger partial charge is 0.472 e. The quantitative estimate of drug-likeness (QED) is 0.0222. The average Bonchev–Trinajstić information content (AvgIpc) is 1.18. The second-order valence-corrected chi connectivity index (χ2v) is 32.4. The van der Waals surface area contributed by atoms with Crippen LogP contribution in [0.25, 0.3) is 0 Å². The fraction of sp³-hybridized carbons (Fsp3) is 0.950. The molecule has 99 heavy (non-hydrogen) atoms. The molecule has 0 heterocycles. The van der Waals surface area contributed by atoms with Gasteiger partial charge in [-0.2, -0.15) is 0 Å². The fourth-order valence-electron chi connectivity index (χ4n) is 12.3. The Labute approximate surface area is 607 Å². The van der Waals surface area contributed by atoms with E-state index in [4.69, 9.17) is 37.0 Å². The summed E-state index contributed by atoms with van der Waals surface area (Å²) < 4.78 is 68.7. The van der Waals surface area contributed by atoms with Gasteiger partial charge in [0.2, 0.25) is 0 Å². The van der Waals surface area contributed by atoms with E-state index in [1.165, 1.54) is 231 Å².